The largest absolute Gasteiger partial charge is 0.493 e. The third-order valence-corrected chi connectivity index (χ3v) is 4.48. The van der Waals surface area contributed by atoms with Crippen LogP contribution in [0.4, 0.5) is 13.2 Å². The molecule has 2 aromatic carbocycles. The first-order valence-corrected chi connectivity index (χ1v) is 8.96. The van der Waals surface area contributed by atoms with Crippen LogP contribution in [-0.4, -0.2) is 18.2 Å². The number of hydrogen-bond donors (Lipinski definition) is 1. The summed E-state index contributed by atoms with van der Waals surface area (Å²) in [6.07, 6.45) is -4.52. The van der Waals surface area contributed by atoms with Crippen LogP contribution in [0.5, 0.6) is 11.5 Å². The smallest absolute Gasteiger partial charge is 0.416 e. The molecule has 0 aliphatic carbocycles. The molecule has 3 aromatic rings. The molecule has 0 spiro atoms. The van der Waals surface area contributed by atoms with Gasteiger partial charge >= 0.3 is 12.1 Å². The zero-order valence-corrected chi connectivity index (χ0v) is 16.2. The molecule has 0 amide bonds. The van der Waals surface area contributed by atoms with E-state index in [0.29, 0.717) is 34.1 Å². The molecule has 0 aliphatic heterocycles. The van der Waals surface area contributed by atoms with Gasteiger partial charge in [0.25, 0.3) is 0 Å². The first-order valence-electron chi connectivity index (χ1n) is 8.96. The van der Waals surface area contributed by atoms with E-state index >= 15 is 0 Å². The number of rotatable bonds is 7. The Morgan fingerprint density at radius 3 is 2.37 bits per heavy atom. The molecular formula is C22H19F3O5. The average Bonchev–Trinajstić information content (AvgIpc) is 3.06. The van der Waals surface area contributed by atoms with Crippen molar-refractivity contribution in [3.05, 3.63) is 71.0 Å². The Bertz CT molecular complexity index is 1040. The molecular weight excluding hydrogens is 401 g/mol. The van der Waals surface area contributed by atoms with Crippen LogP contribution in [0.15, 0.2) is 52.9 Å². The second kappa shape index (κ2) is 8.52. The van der Waals surface area contributed by atoms with Gasteiger partial charge in [-0.15, -0.1) is 0 Å². The summed E-state index contributed by atoms with van der Waals surface area (Å²) in [7, 11) is 1.46. The predicted molar refractivity (Wildman–Crippen MR) is 103 cm³/mol. The maximum atomic E-state index is 12.7. The lowest BCUT2D eigenvalue weighted by Crippen LogP contribution is -2.03. The molecule has 0 fully saturated rings. The molecule has 30 heavy (non-hydrogen) atoms. The minimum atomic E-state index is -4.39. The van der Waals surface area contributed by atoms with Gasteiger partial charge in [0.15, 0.2) is 11.5 Å². The Balaban J connectivity index is 1.74. The standard InChI is InChI=1S/C22H19F3O5/c1-13-16(11-19(30-13)15-4-6-17(7-5-15)22(23,24)25)12-29-18-8-3-14(10-21(26)27)9-20(18)28-2/h3-9,11H,10,12H2,1-2H3,(H,26,27). The van der Waals surface area contributed by atoms with Crippen LogP contribution >= 0.6 is 0 Å². The zero-order valence-electron chi connectivity index (χ0n) is 16.2. The third-order valence-electron chi connectivity index (χ3n) is 4.48. The Morgan fingerprint density at radius 1 is 1.07 bits per heavy atom. The summed E-state index contributed by atoms with van der Waals surface area (Å²) in [4.78, 5) is 10.9. The van der Waals surface area contributed by atoms with Gasteiger partial charge in [-0.1, -0.05) is 18.2 Å². The number of ether oxygens (including phenoxy) is 2. The molecule has 1 N–H and O–H groups in total. The van der Waals surface area contributed by atoms with Crippen LogP contribution in [0, 0.1) is 6.92 Å². The van der Waals surface area contributed by atoms with E-state index in [1.54, 1.807) is 31.2 Å². The number of aliphatic carboxylic acids is 1. The van der Waals surface area contributed by atoms with Crippen LogP contribution in [0.2, 0.25) is 0 Å². The van der Waals surface area contributed by atoms with Crippen molar-refractivity contribution < 1.29 is 37.0 Å². The molecule has 8 heteroatoms. The number of carboxylic acids is 1. The number of halogens is 3. The van der Waals surface area contributed by atoms with Gasteiger partial charge in [-0.3, -0.25) is 4.79 Å². The Hall–Kier alpha value is -3.42. The molecule has 0 atom stereocenters. The van der Waals surface area contributed by atoms with Gasteiger partial charge in [0.05, 0.1) is 19.1 Å². The van der Waals surface area contributed by atoms with Crippen LogP contribution in [-0.2, 0) is 24.0 Å². The van der Waals surface area contributed by atoms with Crippen molar-refractivity contribution in [1.82, 2.24) is 0 Å². The van der Waals surface area contributed by atoms with E-state index in [1.165, 1.54) is 19.2 Å². The van der Waals surface area contributed by atoms with Crippen LogP contribution in [0.3, 0.4) is 0 Å². The number of carbonyl (C=O) groups is 1. The van der Waals surface area contributed by atoms with Gasteiger partial charge in [0, 0.05) is 11.1 Å². The van der Waals surface area contributed by atoms with Crippen molar-refractivity contribution in [3.8, 4) is 22.8 Å². The van der Waals surface area contributed by atoms with E-state index in [1.807, 2.05) is 0 Å². The fourth-order valence-electron chi connectivity index (χ4n) is 2.90. The average molecular weight is 420 g/mol. The highest BCUT2D eigenvalue weighted by atomic mass is 19.4. The lowest BCUT2D eigenvalue weighted by Gasteiger charge is -2.11. The topological polar surface area (TPSA) is 68.9 Å². The van der Waals surface area contributed by atoms with Gasteiger partial charge in [0.2, 0.25) is 0 Å². The molecule has 0 saturated heterocycles. The first-order chi connectivity index (χ1) is 14.2. The van der Waals surface area contributed by atoms with E-state index in [4.69, 9.17) is 19.0 Å². The minimum absolute atomic E-state index is 0.131. The molecule has 3 rings (SSSR count). The summed E-state index contributed by atoms with van der Waals surface area (Å²) in [5.41, 5.74) is 1.10. The second-order valence-electron chi connectivity index (χ2n) is 6.61. The van der Waals surface area contributed by atoms with Crippen molar-refractivity contribution >= 4 is 5.97 Å². The number of benzene rings is 2. The highest BCUT2D eigenvalue weighted by molar-refractivity contribution is 5.70. The summed E-state index contributed by atoms with van der Waals surface area (Å²) in [5, 5.41) is 8.90. The maximum absolute atomic E-state index is 12.7. The summed E-state index contributed by atoms with van der Waals surface area (Å²) in [6, 6.07) is 11.3. The molecule has 5 nitrogen and oxygen atoms in total. The van der Waals surface area contributed by atoms with Gasteiger partial charge in [-0.2, -0.15) is 13.2 Å². The lowest BCUT2D eigenvalue weighted by molar-refractivity contribution is -0.138. The predicted octanol–water partition coefficient (Wildman–Crippen LogP) is 5.49. The monoisotopic (exact) mass is 420 g/mol. The maximum Gasteiger partial charge on any atom is 0.416 e. The Labute approximate surface area is 170 Å². The normalized spacial score (nSPS) is 11.4. The van der Waals surface area contributed by atoms with E-state index in [9.17, 15) is 18.0 Å². The molecule has 0 unspecified atom stereocenters. The van der Waals surface area contributed by atoms with Gasteiger partial charge in [0.1, 0.15) is 18.1 Å². The van der Waals surface area contributed by atoms with Gasteiger partial charge in [-0.05, 0) is 42.8 Å². The lowest BCUT2D eigenvalue weighted by atomic mass is 10.1. The van der Waals surface area contributed by atoms with E-state index in [2.05, 4.69) is 0 Å². The van der Waals surface area contributed by atoms with Crippen molar-refractivity contribution in [2.45, 2.75) is 26.1 Å². The Kier molecular flexibility index (Phi) is 6.05. The van der Waals surface area contributed by atoms with Crippen LogP contribution in [0.25, 0.3) is 11.3 Å². The Morgan fingerprint density at radius 2 is 1.77 bits per heavy atom. The van der Waals surface area contributed by atoms with E-state index in [0.717, 1.165) is 17.7 Å². The molecule has 1 aromatic heterocycles. The van der Waals surface area contributed by atoms with Crippen molar-refractivity contribution in [1.29, 1.82) is 0 Å². The van der Waals surface area contributed by atoms with Gasteiger partial charge < -0.3 is 19.0 Å². The first kappa shape index (κ1) is 21.3. The molecule has 0 aliphatic rings. The number of methoxy groups -OCH3 is 1. The summed E-state index contributed by atoms with van der Waals surface area (Å²) in [5.74, 6) is 0.895. The zero-order chi connectivity index (χ0) is 21.9. The van der Waals surface area contributed by atoms with Gasteiger partial charge in [-0.25, -0.2) is 0 Å². The van der Waals surface area contributed by atoms with Crippen molar-refractivity contribution in [3.63, 3.8) is 0 Å². The summed E-state index contributed by atoms with van der Waals surface area (Å²) in [6.45, 7) is 1.88. The van der Waals surface area contributed by atoms with Crippen LogP contribution in [0.1, 0.15) is 22.5 Å². The molecule has 0 bridgehead atoms. The highest BCUT2D eigenvalue weighted by Crippen LogP contribution is 2.33. The van der Waals surface area contributed by atoms with Crippen LogP contribution < -0.4 is 9.47 Å². The fraction of sp³-hybridized carbons (Fsp3) is 0.227. The number of aryl methyl sites for hydroxylation is 1. The van der Waals surface area contributed by atoms with E-state index < -0.39 is 17.7 Å². The summed E-state index contributed by atoms with van der Waals surface area (Å²) < 4.78 is 54.9. The highest BCUT2D eigenvalue weighted by Gasteiger charge is 2.30. The number of carboxylic acid groups (broad SMARTS) is 1. The fourth-order valence-corrected chi connectivity index (χ4v) is 2.90. The number of hydrogen-bond acceptors (Lipinski definition) is 4. The SMILES string of the molecule is COc1cc(CC(=O)O)ccc1OCc1cc(-c2ccc(C(F)(F)F)cc2)oc1C. The second-order valence-corrected chi connectivity index (χ2v) is 6.61. The van der Waals surface area contributed by atoms with Crippen molar-refractivity contribution in [2.75, 3.05) is 7.11 Å². The number of alkyl halides is 3. The molecule has 158 valence electrons. The minimum Gasteiger partial charge on any atom is -0.493 e. The number of furan rings is 1. The quantitative estimate of drug-likeness (QED) is 0.548. The van der Waals surface area contributed by atoms with E-state index in [-0.39, 0.29) is 13.0 Å². The third kappa shape index (κ3) is 4.94. The molecule has 1 heterocycles. The van der Waals surface area contributed by atoms with Crippen molar-refractivity contribution in [2.24, 2.45) is 0 Å². The molecule has 0 radical (unpaired) electrons. The summed E-state index contributed by atoms with van der Waals surface area (Å²) >= 11 is 0. The molecule has 0 saturated carbocycles.